The Morgan fingerprint density at radius 3 is 2.63 bits per heavy atom. The number of pyridine rings is 1. The van der Waals surface area contributed by atoms with E-state index >= 15 is 0 Å². The van der Waals surface area contributed by atoms with Crippen LogP contribution < -0.4 is 4.74 Å². The lowest BCUT2D eigenvalue weighted by atomic mass is 10.1. The van der Waals surface area contributed by atoms with Gasteiger partial charge in [-0.1, -0.05) is 12.8 Å². The molecular weight excluding hydrogens is 346 g/mol. The minimum atomic E-state index is -0.433. The van der Waals surface area contributed by atoms with Gasteiger partial charge in [-0.3, -0.25) is 14.6 Å². The van der Waals surface area contributed by atoms with Crippen molar-refractivity contribution in [2.75, 3.05) is 32.8 Å². The van der Waals surface area contributed by atoms with E-state index in [1.54, 1.807) is 17.3 Å². The average Bonchev–Trinajstić information content (AvgIpc) is 3.39. The largest absolute Gasteiger partial charge is 0.487 e. The number of morpholine rings is 1. The molecule has 0 unspecified atom stereocenters. The highest BCUT2D eigenvalue weighted by molar-refractivity contribution is 5.89. The lowest BCUT2D eigenvalue weighted by Crippen LogP contribution is -2.51. The molecule has 7 nitrogen and oxygen atoms in total. The van der Waals surface area contributed by atoms with Crippen molar-refractivity contribution in [3.05, 3.63) is 24.5 Å². The van der Waals surface area contributed by atoms with Crippen LogP contribution in [0.25, 0.3) is 0 Å². The number of hydrogen-bond donors (Lipinski definition) is 0. The number of ether oxygens (including phenoxy) is 2. The molecule has 4 rings (SSSR count). The van der Waals surface area contributed by atoms with Gasteiger partial charge in [-0.2, -0.15) is 0 Å². The molecule has 2 aliphatic heterocycles. The first-order valence-electron chi connectivity index (χ1n) is 9.96. The molecule has 2 saturated heterocycles. The van der Waals surface area contributed by atoms with Gasteiger partial charge in [0.25, 0.3) is 0 Å². The second-order valence-electron chi connectivity index (χ2n) is 7.59. The van der Waals surface area contributed by atoms with Crippen LogP contribution in [0.15, 0.2) is 24.5 Å². The normalized spacial score (nSPS) is 26.4. The standard InChI is InChI=1S/C20H27N3O4/c24-19(15-4-1-2-5-15)23-14-17(27-16-6-3-7-21-13-16)12-18(23)20(25)22-8-10-26-11-9-22/h3,6-7,13,15,17-18H,1-2,4-5,8-12,14H2/t17-,18-/m0/s1. The van der Waals surface area contributed by atoms with Gasteiger partial charge >= 0.3 is 0 Å². The first-order chi connectivity index (χ1) is 13.2. The first-order valence-corrected chi connectivity index (χ1v) is 9.96. The molecule has 7 heteroatoms. The van der Waals surface area contributed by atoms with E-state index in [1.807, 2.05) is 17.0 Å². The number of likely N-dealkylation sites (tertiary alicyclic amines) is 1. The highest BCUT2D eigenvalue weighted by Crippen LogP contribution is 2.31. The Morgan fingerprint density at radius 1 is 1.15 bits per heavy atom. The summed E-state index contributed by atoms with van der Waals surface area (Å²) in [6.45, 7) is 2.77. The number of nitrogens with zero attached hydrogens (tertiary/aromatic N) is 3. The van der Waals surface area contributed by atoms with Crippen LogP contribution in [-0.4, -0.2) is 71.6 Å². The van der Waals surface area contributed by atoms with Crippen molar-refractivity contribution in [3.8, 4) is 5.75 Å². The molecule has 146 valence electrons. The third-order valence-corrected chi connectivity index (χ3v) is 5.80. The number of carbonyl (C=O) groups excluding carboxylic acids is 2. The lowest BCUT2D eigenvalue weighted by molar-refractivity contribution is -0.148. The molecule has 3 aliphatic rings. The number of hydrogen-bond acceptors (Lipinski definition) is 5. The van der Waals surface area contributed by atoms with E-state index < -0.39 is 6.04 Å². The van der Waals surface area contributed by atoms with Crippen LogP contribution in [0.2, 0.25) is 0 Å². The van der Waals surface area contributed by atoms with Gasteiger partial charge in [-0.05, 0) is 25.0 Å². The Labute approximate surface area is 159 Å². The summed E-state index contributed by atoms with van der Waals surface area (Å²) in [6.07, 6.45) is 7.77. The molecular formula is C20H27N3O4. The van der Waals surface area contributed by atoms with Crippen LogP contribution in [-0.2, 0) is 14.3 Å². The number of amides is 2. The van der Waals surface area contributed by atoms with Gasteiger partial charge < -0.3 is 19.3 Å². The van der Waals surface area contributed by atoms with E-state index in [2.05, 4.69) is 4.98 Å². The van der Waals surface area contributed by atoms with Gasteiger partial charge in [-0.15, -0.1) is 0 Å². The Hall–Kier alpha value is -2.15. The van der Waals surface area contributed by atoms with Crippen LogP contribution >= 0.6 is 0 Å². The molecule has 0 radical (unpaired) electrons. The Kier molecular flexibility index (Phi) is 5.57. The Balaban J connectivity index is 1.49. The molecule has 3 fully saturated rings. The van der Waals surface area contributed by atoms with Crippen LogP contribution in [0.1, 0.15) is 32.1 Å². The van der Waals surface area contributed by atoms with E-state index in [4.69, 9.17) is 9.47 Å². The molecule has 2 amide bonds. The third kappa shape index (κ3) is 4.08. The maximum atomic E-state index is 13.1. The summed E-state index contributed by atoms with van der Waals surface area (Å²) < 4.78 is 11.4. The SMILES string of the molecule is O=C([C@@H]1C[C@H](Oc2cccnc2)CN1C(=O)C1CCCC1)N1CCOCC1. The van der Waals surface area contributed by atoms with Crippen LogP contribution in [0.4, 0.5) is 0 Å². The van der Waals surface area contributed by atoms with Crippen molar-refractivity contribution in [2.24, 2.45) is 5.92 Å². The predicted octanol–water partition coefficient (Wildman–Crippen LogP) is 1.48. The van der Waals surface area contributed by atoms with Gasteiger partial charge in [0.2, 0.25) is 11.8 Å². The maximum absolute atomic E-state index is 13.1. The second kappa shape index (κ2) is 8.25. The molecule has 1 aliphatic carbocycles. The zero-order chi connectivity index (χ0) is 18.6. The summed E-state index contributed by atoms with van der Waals surface area (Å²) in [7, 11) is 0. The molecule has 0 spiro atoms. The summed E-state index contributed by atoms with van der Waals surface area (Å²) in [5.74, 6) is 0.885. The quantitative estimate of drug-likeness (QED) is 0.799. The number of carbonyl (C=O) groups is 2. The fraction of sp³-hybridized carbons (Fsp3) is 0.650. The zero-order valence-corrected chi connectivity index (χ0v) is 15.6. The highest BCUT2D eigenvalue weighted by Gasteiger charge is 2.44. The number of aromatic nitrogens is 1. The van der Waals surface area contributed by atoms with Crippen molar-refractivity contribution >= 4 is 11.8 Å². The molecule has 0 aromatic carbocycles. The smallest absolute Gasteiger partial charge is 0.245 e. The summed E-state index contributed by atoms with van der Waals surface area (Å²) in [6, 6.07) is 3.24. The van der Waals surface area contributed by atoms with Crippen molar-refractivity contribution < 1.29 is 19.1 Å². The lowest BCUT2D eigenvalue weighted by Gasteiger charge is -2.33. The highest BCUT2D eigenvalue weighted by atomic mass is 16.5. The van der Waals surface area contributed by atoms with Gasteiger partial charge in [0.1, 0.15) is 17.9 Å². The summed E-state index contributed by atoms with van der Waals surface area (Å²) in [5.41, 5.74) is 0. The second-order valence-corrected chi connectivity index (χ2v) is 7.59. The van der Waals surface area contributed by atoms with Crippen LogP contribution in [0, 0.1) is 5.92 Å². The van der Waals surface area contributed by atoms with Crippen molar-refractivity contribution in [2.45, 2.75) is 44.2 Å². The average molecular weight is 373 g/mol. The Morgan fingerprint density at radius 2 is 1.93 bits per heavy atom. The van der Waals surface area contributed by atoms with E-state index in [-0.39, 0.29) is 23.8 Å². The van der Waals surface area contributed by atoms with Crippen LogP contribution in [0.3, 0.4) is 0 Å². The van der Waals surface area contributed by atoms with Gasteiger partial charge in [0.15, 0.2) is 0 Å². The maximum Gasteiger partial charge on any atom is 0.245 e. The third-order valence-electron chi connectivity index (χ3n) is 5.80. The van der Waals surface area contributed by atoms with Gasteiger partial charge in [0, 0.05) is 31.6 Å². The first kappa shape index (κ1) is 18.2. The minimum Gasteiger partial charge on any atom is -0.487 e. The molecule has 1 aromatic rings. The molecule has 1 aromatic heterocycles. The molecule has 3 heterocycles. The van der Waals surface area contributed by atoms with Gasteiger partial charge in [-0.25, -0.2) is 0 Å². The van der Waals surface area contributed by atoms with Crippen molar-refractivity contribution in [1.82, 2.24) is 14.8 Å². The van der Waals surface area contributed by atoms with Crippen molar-refractivity contribution in [1.29, 1.82) is 0 Å². The zero-order valence-electron chi connectivity index (χ0n) is 15.6. The van der Waals surface area contributed by atoms with E-state index in [0.29, 0.717) is 45.0 Å². The Bertz CT molecular complexity index is 656. The molecule has 27 heavy (non-hydrogen) atoms. The summed E-state index contributed by atoms with van der Waals surface area (Å²) in [4.78, 5) is 33.9. The van der Waals surface area contributed by atoms with Crippen molar-refractivity contribution in [3.63, 3.8) is 0 Å². The van der Waals surface area contributed by atoms with E-state index in [1.165, 1.54) is 0 Å². The van der Waals surface area contributed by atoms with Crippen LogP contribution in [0.5, 0.6) is 5.75 Å². The molecule has 0 N–H and O–H groups in total. The number of rotatable bonds is 4. The van der Waals surface area contributed by atoms with E-state index in [0.717, 1.165) is 25.7 Å². The fourth-order valence-electron chi connectivity index (χ4n) is 4.37. The van der Waals surface area contributed by atoms with E-state index in [9.17, 15) is 9.59 Å². The minimum absolute atomic E-state index is 0.0296. The summed E-state index contributed by atoms with van der Waals surface area (Å²) in [5, 5.41) is 0. The molecule has 2 atom stereocenters. The monoisotopic (exact) mass is 373 g/mol. The molecule has 1 saturated carbocycles. The predicted molar refractivity (Wildman–Crippen MR) is 98.1 cm³/mol. The topological polar surface area (TPSA) is 72.0 Å². The fourth-order valence-corrected chi connectivity index (χ4v) is 4.37. The van der Waals surface area contributed by atoms with Gasteiger partial charge in [0.05, 0.1) is 26.0 Å². The molecule has 0 bridgehead atoms. The summed E-state index contributed by atoms with van der Waals surface area (Å²) >= 11 is 0.